The van der Waals surface area contributed by atoms with Gasteiger partial charge in [0.25, 0.3) is 0 Å². The first-order chi connectivity index (χ1) is 20.1. The van der Waals surface area contributed by atoms with E-state index in [1.807, 2.05) is 30.3 Å². The van der Waals surface area contributed by atoms with Gasteiger partial charge >= 0.3 is 0 Å². The highest BCUT2D eigenvalue weighted by Gasteiger charge is 2.23. The van der Waals surface area contributed by atoms with Gasteiger partial charge < -0.3 is 20.1 Å². The number of nitrogens with zero attached hydrogens (tertiary/aromatic N) is 7. The zero-order valence-corrected chi connectivity index (χ0v) is 22.6. The van der Waals surface area contributed by atoms with Crippen molar-refractivity contribution < 1.29 is 4.39 Å². The molecule has 6 aromatic rings. The summed E-state index contributed by atoms with van der Waals surface area (Å²) in [4.78, 5) is 26.0. The number of fused-ring (bicyclic) bond motifs is 2. The number of benzene rings is 1. The highest BCUT2D eigenvalue weighted by atomic mass is 19.1. The number of hydrogen-bond acceptors (Lipinski definition) is 8. The van der Waals surface area contributed by atoms with E-state index in [-0.39, 0.29) is 11.0 Å². The highest BCUT2D eigenvalue weighted by molar-refractivity contribution is 5.95. The number of pyridine rings is 3. The van der Waals surface area contributed by atoms with Gasteiger partial charge in [0.1, 0.15) is 17.0 Å². The van der Waals surface area contributed by atoms with E-state index < -0.39 is 5.82 Å². The van der Waals surface area contributed by atoms with Crippen LogP contribution in [0.2, 0.25) is 0 Å². The zero-order chi connectivity index (χ0) is 27.8. The maximum atomic E-state index is 16.2. The molecule has 0 saturated carbocycles. The molecule has 1 aromatic carbocycles. The van der Waals surface area contributed by atoms with Crippen molar-refractivity contribution in [2.45, 2.75) is 13.1 Å². The fourth-order valence-electron chi connectivity index (χ4n) is 5.33. The Morgan fingerprint density at radius 1 is 0.927 bits per heavy atom. The Bertz CT molecular complexity index is 1820. The monoisotopic (exact) mass is 548 g/mol. The summed E-state index contributed by atoms with van der Waals surface area (Å²) in [5.41, 5.74) is 6.28. The van der Waals surface area contributed by atoms with E-state index in [4.69, 9.17) is 4.98 Å². The van der Waals surface area contributed by atoms with Gasteiger partial charge in [-0.05, 0) is 30.3 Å². The van der Waals surface area contributed by atoms with Gasteiger partial charge in [-0.2, -0.15) is 5.10 Å². The fraction of sp³-hybridized carbons (Fsp3) is 0.233. The van der Waals surface area contributed by atoms with E-state index in [0.29, 0.717) is 34.8 Å². The molecule has 1 aliphatic rings. The lowest BCUT2D eigenvalue weighted by Gasteiger charge is -2.34. The first-order valence-corrected chi connectivity index (χ1v) is 13.6. The number of aromatic nitrogens is 7. The number of rotatable bonds is 7. The normalized spacial score (nSPS) is 14.3. The van der Waals surface area contributed by atoms with Crippen LogP contribution in [0.4, 0.5) is 10.1 Å². The van der Waals surface area contributed by atoms with E-state index >= 15 is 4.39 Å². The van der Waals surface area contributed by atoms with Crippen LogP contribution in [-0.4, -0.2) is 73.2 Å². The summed E-state index contributed by atoms with van der Waals surface area (Å²) < 4.78 is 16.2. The lowest BCUT2D eigenvalue weighted by Crippen LogP contribution is -2.44. The van der Waals surface area contributed by atoms with Gasteiger partial charge in [0.15, 0.2) is 17.1 Å². The van der Waals surface area contributed by atoms with Gasteiger partial charge in [0, 0.05) is 75.2 Å². The SMILES string of the molecule is CN1CCN(c2ccnc3nc(-c4[nH]nc5ncc(-c6cncc(CNCc7ccccc7)c6)c(F)c45)[nH]c23)CC1. The third kappa shape index (κ3) is 4.90. The number of likely N-dealkylation sites (N-methyl/N-ethyl adjacent to an activating group) is 1. The molecule has 3 N–H and O–H groups in total. The standard InChI is InChI=1S/C30H29FN10/c1-40-9-11-41(12-10-40)23-7-8-34-29-26(23)36-30(37-29)27-24-25(31)22(18-35-28(24)39-38-27)21-13-20(16-33-17-21)15-32-14-19-5-3-2-4-6-19/h2-8,13,16-18,32H,9-12,14-15H2,1H3,(H,34,36,37)(H,35,38,39). The van der Waals surface area contributed by atoms with Crippen molar-refractivity contribution in [3.05, 3.63) is 84.2 Å². The summed E-state index contributed by atoms with van der Waals surface area (Å²) >= 11 is 0. The molecule has 0 amide bonds. The van der Waals surface area contributed by atoms with E-state index in [0.717, 1.165) is 49.5 Å². The molecule has 5 aromatic heterocycles. The van der Waals surface area contributed by atoms with Crippen LogP contribution < -0.4 is 10.2 Å². The van der Waals surface area contributed by atoms with Gasteiger partial charge in [-0.15, -0.1) is 0 Å². The van der Waals surface area contributed by atoms with Crippen LogP contribution in [0.5, 0.6) is 0 Å². The Morgan fingerprint density at radius 3 is 2.61 bits per heavy atom. The summed E-state index contributed by atoms with van der Waals surface area (Å²) in [6, 6.07) is 14.1. The molecule has 1 saturated heterocycles. The van der Waals surface area contributed by atoms with Crippen molar-refractivity contribution in [3.63, 3.8) is 0 Å². The average Bonchev–Trinajstić information content (AvgIpc) is 3.63. The summed E-state index contributed by atoms with van der Waals surface area (Å²) in [6.45, 7) is 5.12. The Hall–Kier alpha value is -4.74. The number of anilines is 1. The Balaban J connectivity index is 1.20. The minimum absolute atomic E-state index is 0.273. The molecule has 11 heteroatoms. The molecule has 1 aliphatic heterocycles. The van der Waals surface area contributed by atoms with Crippen LogP contribution in [0, 0.1) is 5.82 Å². The molecule has 1 fully saturated rings. The molecule has 0 aliphatic carbocycles. The van der Waals surface area contributed by atoms with Gasteiger partial charge in [-0.3, -0.25) is 10.1 Å². The molecular weight excluding hydrogens is 519 g/mol. The Labute approximate surface area is 235 Å². The van der Waals surface area contributed by atoms with Gasteiger partial charge in [-0.25, -0.2) is 19.3 Å². The molecule has 0 unspecified atom stereocenters. The Morgan fingerprint density at radius 2 is 1.76 bits per heavy atom. The fourth-order valence-corrected chi connectivity index (χ4v) is 5.33. The lowest BCUT2D eigenvalue weighted by atomic mass is 10.1. The number of piperazine rings is 1. The second-order valence-corrected chi connectivity index (χ2v) is 10.4. The van der Waals surface area contributed by atoms with E-state index in [1.54, 1.807) is 18.6 Å². The minimum Gasteiger partial charge on any atom is -0.367 e. The zero-order valence-electron chi connectivity index (χ0n) is 22.6. The lowest BCUT2D eigenvalue weighted by molar-refractivity contribution is 0.313. The predicted molar refractivity (Wildman–Crippen MR) is 157 cm³/mol. The summed E-state index contributed by atoms with van der Waals surface area (Å²) in [5, 5.41) is 10.9. The smallest absolute Gasteiger partial charge is 0.184 e. The number of H-pyrrole nitrogens is 2. The van der Waals surface area contributed by atoms with Crippen molar-refractivity contribution in [2.75, 3.05) is 38.1 Å². The number of imidazole rings is 1. The van der Waals surface area contributed by atoms with Crippen LogP contribution in [0.3, 0.4) is 0 Å². The third-order valence-electron chi connectivity index (χ3n) is 7.58. The van der Waals surface area contributed by atoms with Crippen LogP contribution >= 0.6 is 0 Å². The minimum atomic E-state index is -0.428. The average molecular weight is 549 g/mol. The molecule has 7 rings (SSSR count). The third-order valence-corrected chi connectivity index (χ3v) is 7.58. The topological polar surface area (TPSA) is 115 Å². The molecule has 0 radical (unpaired) electrons. The predicted octanol–water partition coefficient (Wildman–Crippen LogP) is 4.14. The largest absolute Gasteiger partial charge is 0.367 e. The summed E-state index contributed by atoms with van der Waals surface area (Å²) in [6.07, 6.45) is 6.71. The molecule has 6 heterocycles. The molecule has 10 nitrogen and oxygen atoms in total. The maximum Gasteiger partial charge on any atom is 0.184 e. The molecular formula is C30H29FN10. The van der Waals surface area contributed by atoms with Gasteiger partial charge in [0.2, 0.25) is 0 Å². The van der Waals surface area contributed by atoms with Crippen LogP contribution in [-0.2, 0) is 13.1 Å². The number of halogens is 1. The number of aromatic amines is 2. The first kappa shape index (κ1) is 25.2. The maximum absolute atomic E-state index is 16.2. The van der Waals surface area contributed by atoms with Crippen molar-refractivity contribution in [3.8, 4) is 22.6 Å². The quantitative estimate of drug-likeness (QED) is 0.273. The second kappa shape index (κ2) is 10.7. The summed E-state index contributed by atoms with van der Waals surface area (Å²) in [5.74, 6) is 0.0362. The molecule has 206 valence electrons. The van der Waals surface area contributed by atoms with Crippen LogP contribution in [0.15, 0.2) is 67.3 Å². The van der Waals surface area contributed by atoms with Crippen LogP contribution in [0.25, 0.3) is 44.8 Å². The molecule has 0 bridgehead atoms. The molecule has 0 atom stereocenters. The van der Waals surface area contributed by atoms with E-state index in [2.05, 4.69) is 64.4 Å². The van der Waals surface area contributed by atoms with Crippen LogP contribution in [0.1, 0.15) is 11.1 Å². The molecule has 41 heavy (non-hydrogen) atoms. The Kier molecular flexibility index (Phi) is 6.57. The second-order valence-electron chi connectivity index (χ2n) is 10.4. The van der Waals surface area contributed by atoms with Gasteiger partial charge in [-0.1, -0.05) is 30.3 Å². The molecule has 0 spiro atoms. The van der Waals surface area contributed by atoms with Crippen molar-refractivity contribution >= 4 is 27.9 Å². The van der Waals surface area contributed by atoms with E-state index in [1.165, 1.54) is 11.8 Å². The van der Waals surface area contributed by atoms with E-state index in [9.17, 15) is 0 Å². The number of hydrogen-bond donors (Lipinski definition) is 3. The first-order valence-electron chi connectivity index (χ1n) is 13.6. The number of nitrogens with one attached hydrogen (secondary N) is 3. The highest BCUT2D eigenvalue weighted by Crippen LogP contribution is 2.34. The van der Waals surface area contributed by atoms with Crippen molar-refractivity contribution in [2.24, 2.45) is 0 Å². The van der Waals surface area contributed by atoms with Gasteiger partial charge in [0.05, 0.1) is 11.1 Å². The van der Waals surface area contributed by atoms with Crippen molar-refractivity contribution in [1.29, 1.82) is 0 Å². The summed E-state index contributed by atoms with van der Waals surface area (Å²) in [7, 11) is 2.13. The van der Waals surface area contributed by atoms with Crippen molar-refractivity contribution in [1.82, 2.24) is 45.3 Å².